The van der Waals surface area contributed by atoms with Gasteiger partial charge in [0, 0.05) is 44.5 Å². The topological polar surface area (TPSA) is 52.6 Å². The third-order valence-electron chi connectivity index (χ3n) is 3.43. The molecule has 22 heavy (non-hydrogen) atoms. The molecule has 0 radical (unpaired) electrons. The van der Waals surface area contributed by atoms with E-state index >= 15 is 0 Å². The smallest absolute Gasteiger partial charge is 0.191 e. The van der Waals surface area contributed by atoms with E-state index < -0.39 is 0 Å². The van der Waals surface area contributed by atoms with Crippen molar-refractivity contribution in [3.8, 4) is 0 Å². The van der Waals surface area contributed by atoms with Crippen molar-refractivity contribution in [2.24, 2.45) is 4.99 Å². The maximum Gasteiger partial charge on any atom is 0.191 e. The van der Waals surface area contributed by atoms with Crippen LogP contribution >= 0.6 is 35.3 Å². The van der Waals surface area contributed by atoms with Crippen LogP contribution in [0.3, 0.4) is 0 Å². The normalized spacial score (nSPS) is 14.8. The molecule has 0 spiro atoms. The second-order valence-corrected chi connectivity index (χ2v) is 6.09. The Morgan fingerprint density at radius 1 is 1.32 bits per heavy atom. The molecule has 2 heterocycles. The number of guanidine groups is 1. The average molecular weight is 437 g/mol. The first-order chi connectivity index (χ1) is 10.3. The molecule has 1 aromatic rings. The standard InChI is InChI=1S/C15H27N5S.HI/c1-3-8-17-14(16-4-2)18-9-7-13-12-21-15(19-13)20-10-5-6-11-20;/h12H,3-11H2,1-2H3,(H2,16,17,18);1H. The molecule has 1 fully saturated rings. The van der Waals surface area contributed by atoms with Gasteiger partial charge in [0.25, 0.3) is 0 Å². The molecule has 1 saturated heterocycles. The van der Waals surface area contributed by atoms with E-state index in [0.717, 1.165) is 38.4 Å². The minimum Gasteiger partial charge on any atom is -0.357 e. The first-order valence-corrected chi connectivity index (χ1v) is 8.93. The predicted octanol–water partition coefficient (Wildman–Crippen LogP) is 2.87. The van der Waals surface area contributed by atoms with Crippen LogP contribution in [-0.4, -0.2) is 43.7 Å². The number of anilines is 1. The number of nitrogens with one attached hydrogen (secondary N) is 2. The number of hydrogen-bond donors (Lipinski definition) is 2. The number of aromatic nitrogens is 1. The van der Waals surface area contributed by atoms with Crippen molar-refractivity contribution < 1.29 is 0 Å². The van der Waals surface area contributed by atoms with Gasteiger partial charge < -0.3 is 15.5 Å². The Hall–Kier alpha value is -0.570. The van der Waals surface area contributed by atoms with Gasteiger partial charge in [0.1, 0.15) is 0 Å². The Morgan fingerprint density at radius 2 is 2.09 bits per heavy atom. The van der Waals surface area contributed by atoms with Crippen LogP contribution in [-0.2, 0) is 6.42 Å². The van der Waals surface area contributed by atoms with Crippen LogP contribution in [0.25, 0.3) is 0 Å². The summed E-state index contributed by atoms with van der Waals surface area (Å²) < 4.78 is 0. The Bertz CT molecular complexity index is 443. The van der Waals surface area contributed by atoms with Crippen molar-refractivity contribution >= 4 is 46.4 Å². The van der Waals surface area contributed by atoms with Crippen molar-refractivity contribution in [1.29, 1.82) is 0 Å². The fourth-order valence-corrected chi connectivity index (χ4v) is 3.25. The van der Waals surface area contributed by atoms with E-state index in [4.69, 9.17) is 4.98 Å². The minimum atomic E-state index is 0. The van der Waals surface area contributed by atoms with Gasteiger partial charge in [0.2, 0.25) is 0 Å². The van der Waals surface area contributed by atoms with Gasteiger partial charge in [-0.1, -0.05) is 6.92 Å². The largest absolute Gasteiger partial charge is 0.357 e. The highest BCUT2D eigenvalue weighted by Crippen LogP contribution is 2.24. The van der Waals surface area contributed by atoms with Gasteiger partial charge in [-0.25, -0.2) is 4.98 Å². The zero-order chi connectivity index (χ0) is 14.9. The molecule has 2 N–H and O–H groups in total. The van der Waals surface area contributed by atoms with Crippen LogP contribution in [0, 0.1) is 0 Å². The number of hydrogen-bond acceptors (Lipinski definition) is 4. The zero-order valence-electron chi connectivity index (χ0n) is 13.6. The van der Waals surface area contributed by atoms with Gasteiger partial charge in [-0.3, -0.25) is 4.99 Å². The summed E-state index contributed by atoms with van der Waals surface area (Å²) in [5, 5.41) is 10.0. The summed E-state index contributed by atoms with van der Waals surface area (Å²) >= 11 is 1.77. The molecule has 0 bridgehead atoms. The molecule has 1 aliphatic heterocycles. The van der Waals surface area contributed by atoms with E-state index in [9.17, 15) is 0 Å². The fourth-order valence-electron chi connectivity index (χ4n) is 2.34. The molecule has 0 amide bonds. The van der Waals surface area contributed by atoms with Crippen LogP contribution in [0.15, 0.2) is 10.4 Å². The van der Waals surface area contributed by atoms with Gasteiger partial charge in [0.15, 0.2) is 11.1 Å². The maximum absolute atomic E-state index is 4.74. The lowest BCUT2D eigenvalue weighted by molar-refractivity contribution is 0.785. The van der Waals surface area contributed by atoms with Crippen molar-refractivity contribution in [1.82, 2.24) is 15.6 Å². The Morgan fingerprint density at radius 3 is 2.77 bits per heavy atom. The molecule has 7 heteroatoms. The van der Waals surface area contributed by atoms with Crippen LogP contribution in [0.1, 0.15) is 38.8 Å². The molecular formula is C15H28IN5S. The highest BCUT2D eigenvalue weighted by atomic mass is 127. The number of thiazole rings is 1. The van der Waals surface area contributed by atoms with E-state index in [1.165, 1.54) is 36.8 Å². The predicted molar refractivity (Wildman–Crippen MR) is 107 cm³/mol. The molecule has 0 aromatic carbocycles. The summed E-state index contributed by atoms with van der Waals surface area (Å²) in [5.41, 5.74) is 1.18. The highest BCUT2D eigenvalue weighted by molar-refractivity contribution is 14.0. The third kappa shape index (κ3) is 6.28. The lowest BCUT2D eigenvalue weighted by Crippen LogP contribution is -2.38. The Labute approximate surface area is 155 Å². The summed E-state index contributed by atoms with van der Waals surface area (Å²) in [6.45, 7) is 9.20. The summed E-state index contributed by atoms with van der Waals surface area (Å²) in [6.07, 6.45) is 4.62. The number of rotatable bonds is 7. The summed E-state index contributed by atoms with van der Waals surface area (Å²) in [7, 11) is 0. The number of halogens is 1. The van der Waals surface area contributed by atoms with E-state index in [-0.39, 0.29) is 24.0 Å². The van der Waals surface area contributed by atoms with Crippen molar-refractivity contribution in [3.63, 3.8) is 0 Å². The van der Waals surface area contributed by atoms with Gasteiger partial charge in [-0.15, -0.1) is 35.3 Å². The van der Waals surface area contributed by atoms with Crippen molar-refractivity contribution in [2.45, 2.75) is 39.5 Å². The quantitative estimate of drug-likeness (QED) is 0.392. The SMILES string of the molecule is CCCN=C(NCC)NCCc1csc(N2CCCC2)n1.I. The monoisotopic (exact) mass is 437 g/mol. The molecule has 0 saturated carbocycles. The molecule has 0 aliphatic carbocycles. The Kier molecular flexibility index (Phi) is 9.77. The maximum atomic E-state index is 4.74. The van der Waals surface area contributed by atoms with Crippen LogP contribution in [0.4, 0.5) is 5.13 Å². The lowest BCUT2D eigenvalue weighted by atomic mass is 10.3. The minimum absolute atomic E-state index is 0. The van der Waals surface area contributed by atoms with Crippen molar-refractivity contribution in [2.75, 3.05) is 37.6 Å². The second kappa shape index (κ2) is 11.0. The van der Waals surface area contributed by atoms with Crippen LogP contribution in [0.2, 0.25) is 0 Å². The van der Waals surface area contributed by atoms with Crippen LogP contribution in [0.5, 0.6) is 0 Å². The number of nitrogens with zero attached hydrogens (tertiary/aromatic N) is 3. The van der Waals surface area contributed by atoms with Gasteiger partial charge in [0.05, 0.1) is 5.69 Å². The molecule has 126 valence electrons. The van der Waals surface area contributed by atoms with Crippen molar-refractivity contribution in [3.05, 3.63) is 11.1 Å². The molecular weight excluding hydrogens is 409 g/mol. The van der Waals surface area contributed by atoms with E-state index in [0.29, 0.717) is 0 Å². The molecule has 0 atom stereocenters. The lowest BCUT2D eigenvalue weighted by Gasteiger charge is -2.12. The summed E-state index contributed by atoms with van der Waals surface area (Å²) in [5.74, 6) is 0.911. The first-order valence-electron chi connectivity index (χ1n) is 8.05. The van der Waals surface area contributed by atoms with Gasteiger partial charge >= 0.3 is 0 Å². The molecule has 5 nitrogen and oxygen atoms in total. The third-order valence-corrected chi connectivity index (χ3v) is 4.38. The summed E-state index contributed by atoms with van der Waals surface area (Å²) in [4.78, 5) is 11.6. The molecule has 1 aliphatic rings. The zero-order valence-corrected chi connectivity index (χ0v) is 16.7. The average Bonchev–Trinajstić information content (AvgIpc) is 3.15. The van der Waals surface area contributed by atoms with E-state index in [1.807, 2.05) is 0 Å². The van der Waals surface area contributed by atoms with Crippen LogP contribution < -0.4 is 15.5 Å². The van der Waals surface area contributed by atoms with E-state index in [1.54, 1.807) is 11.3 Å². The Balaban J connectivity index is 0.00000242. The fraction of sp³-hybridized carbons (Fsp3) is 0.733. The van der Waals surface area contributed by atoms with Gasteiger partial charge in [-0.2, -0.15) is 0 Å². The number of aliphatic imine (C=N–C) groups is 1. The molecule has 0 unspecified atom stereocenters. The summed E-state index contributed by atoms with van der Waals surface area (Å²) in [6, 6.07) is 0. The highest BCUT2D eigenvalue weighted by Gasteiger charge is 2.15. The van der Waals surface area contributed by atoms with E-state index in [2.05, 4.69) is 39.8 Å². The second-order valence-electron chi connectivity index (χ2n) is 5.25. The first kappa shape index (κ1) is 19.5. The molecule has 1 aromatic heterocycles. The molecule has 2 rings (SSSR count). The van der Waals surface area contributed by atoms with Gasteiger partial charge in [-0.05, 0) is 26.2 Å².